The fraction of sp³-hybridized carbons (Fsp3) is 0.700. The van der Waals surface area contributed by atoms with Crippen LogP contribution >= 0.6 is 22.9 Å². The molecule has 84 valence electrons. The Hall–Kier alpha value is -0.160. The maximum Gasteiger partial charge on any atom is 0.0951 e. The fourth-order valence-electron chi connectivity index (χ4n) is 1.48. The maximum atomic E-state index is 5.67. The Morgan fingerprint density at radius 1 is 1.67 bits per heavy atom. The Balaban J connectivity index is 1.68. The molecule has 5 heteroatoms. The molecule has 1 aliphatic rings. The number of aromatic nitrogens is 1. The summed E-state index contributed by atoms with van der Waals surface area (Å²) in [5.74, 6) is 0.494. The molecule has 1 aromatic heterocycles. The first kappa shape index (κ1) is 11.3. The predicted molar refractivity (Wildman–Crippen MR) is 60.6 cm³/mol. The molecule has 1 atom stereocenters. The topological polar surface area (TPSA) is 31.4 Å². The van der Waals surface area contributed by atoms with E-state index in [0.717, 1.165) is 43.4 Å². The van der Waals surface area contributed by atoms with E-state index in [-0.39, 0.29) is 6.10 Å². The fourth-order valence-corrected chi connectivity index (χ4v) is 2.49. The van der Waals surface area contributed by atoms with Crippen LogP contribution in [0.1, 0.15) is 17.1 Å². The van der Waals surface area contributed by atoms with Gasteiger partial charge in [-0.25, -0.2) is 4.98 Å². The lowest BCUT2D eigenvalue weighted by molar-refractivity contribution is 0.0446. The van der Waals surface area contributed by atoms with Crippen LogP contribution in [-0.2, 0) is 21.8 Å². The molecule has 1 fully saturated rings. The molecule has 0 aromatic carbocycles. The van der Waals surface area contributed by atoms with Gasteiger partial charge in [0.15, 0.2) is 0 Å². The highest BCUT2D eigenvalue weighted by Crippen LogP contribution is 2.13. The van der Waals surface area contributed by atoms with Crippen LogP contribution in [0, 0.1) is 0 Å². The van der Waals surface area contributed by atoms with Crippen LogP contribution in [0.5, 0.6) is 0 Å². The number of hydrogen-bond donors (Lipinski definition) is 0. The van der Waals surface area contributed by atoms with Crippen LogP contribution in [0.15, 0.2) is 5.38 Å². The molecule has 1 saturated heterocycles. The van der Waals surface area contributed by atoms with Gasteiger partial charge in [-0.1, -0.05) is 0 Å². The Morgan fingerprint density at radius 3 is 3.27 bits per heavy atom. The van der Waals surface area contributed by atoms with Crippen molar-refractivity contribution in [3.05, 3.63) is 16.1 Å². The molecule has 1 unspecified atom stereocenters. The molecule has 1 aromatic rings. The van der Waals surface area contributed by atoms with E-state index in [1.807, 2.05) is 5.38 Å². The second kappa shape index (κ2) is 5.80. The minimum atomic E-state index is 0.289. The molecule has 15 heavy (non-hydrogen) atoms. The van der Waals surface area contributed by atoms with Crippen molar-refractivity contribution in [1.29, 1.82) is 0 Å². The lowest BCUT2D eigenvalue weighted by atomic mass is 10.3. The molecule has 0 aliphatic carbocycles. The summed E-state index contributed by atoms with van der Waals surface area (Å²) in [6.45, 7) is 2.30. The molecule has 0 spiro atoms. The molecule has 0 bridgehead atoms. The average molecular weight is 248 g/mol. The first-order chi connectivity index (χ1) is 7.38. The lowest BCUT2D eigenvalue weighted by Gasteiger charge is -2.07. The number of ether oxygens (including phenoxy) is 2. The zero-order valence-corrected chi connectivity index (χ0v) is 10.0. The van der Waals surface area contributed by atoms with Gasteiger partial charge in [-0.05, 0) is 6.42 Å². The summed E-state index contributed by atoms with van der Waals surface area (Å²) < 4.78 is 10.9. The van der Waals surface area contributed by atoms with Crippen molar-refractivity contribution < 1.29 is 9.47 Å². The minimum Gasteiger partial charge on any atom is -0.379 e. The van der Waals surface area contributed by atoms with E-state index in [1.54, 1.807) is 11.3 Å². The van der Waals surface area contributed by atoms with Crippen LogP contribution in [-0.4, -0.2) is 30.9 Å². The van der Waals surface area contributed by atoms with E-state index in [4.69, 9.17) is 21.1 Å². The molecule has 0 saturated carbocycles. The van der Waals surface area contributed by atoms with Gasteiger partial charge in [0, 0.05) is 18.4 Å². The number of thiazole rings is 1. The van der Waals surface area contributed by atoms with Gasteiger partial charge in [0.25, 0.3) is 0 Å². The van der Waals surface area contributed by atoms with E-state index in [2.05, 4.69) is 4.98 Å². The Labute approximate surface area is 98.4 Å². The summed E-state index contributed by atoms with van der Waals surface area (Å²) in [4.78, 5) is 4.37. The predicted octanol–water partition coefficient (Wildman–Crippen LogP) is 2.23. The molecule has 2 heterocycles. The zero-order chi connectivity index (χ0) is 10.5. The van der Waals surface area contributed by atoms with E-state index in [1.165, 1.54) is 0 Å². The van der Waals surface area contributed by atoms with Crippen molar-refractivity contribution in [3.63, 3.8) is 0 Å². The summed E-state index contributed by atoms with van der Waals surface area (Å²) in [6, 6.07) is 0. The number of alkyl halides is 1. The van der Waals surface area contributed by atoms with Crippen LogP contribution in [0.3, 0.4) is 0 Å². The highest BCUT2D eigenvalue weighted by molar-refractivity contribution is 7.09. The number of nitrogens with zero attached hydrogens (tertiary/aromatic N) is 1. The third kappa shape index (κ3) is 3.41. The van der Waals surface area contributed by atoms with Crippen molar-refractivity contribution in [3.8, 4) is 0 Å². The van der Waals surface area contributed by atoms with Gasteiger partial charge in [0.05, 0.1) is 35.9 Å². The Morgan fingerprint density at radius 2 is 2.60 bits per heavy atom. The molecule has 3 nitrogen and oxygen atoms in total. The second-order valence-corrected chi connectivity index (χ2v) is 4.68. The van der Waals surface area contributed by atoms with Gasteiger partial charge >= 0.3 is 0 Å². The smallest absolute Gasteiger partial charge is 0.0951 e. The highest BCUT2D eigenvalue weighted by Gasteiger charge is 2.15. The monoisotopic (exact) mass is 247 g/mol. The first-order valence-corrected chi connectivity index (χ1v) is 6.48. The van der Waals surface area contributed by atoms with Gasteiger partial charge in [0.1, 0.15) is 0 Å². The Bertz CT molecular complexity index is 299. The summed E-state index contributed by atoms with van der Waals surface area (Å²) in [6.07, 6.45) is 2.18. The van der Waals surface area contributed by atoms with E-state index < -0.39 is 0 Å². The normalized spacial score (nSPS) is 21.0. The van der Waals surface area contributed by atoms with Crippen LogP contribution < -0.4 is 0 Å². The summed E-state index contributed by atoms with van der Waals surface area (Å²) in [5, 5.41) is 3.10. The summed E-state index contributed by atoms with van der Waals surface area (Å²) in [7, 11) is 0. The number of rotatable bonds is 5. The second-order valence-electron chi connectivity index (χ2n) is 3.47. The van der Waals surface area contributed by atoms with Gasteiger partial charge in [-0.3, -0.25) is 0 Å². The van der Waals surface area contributed by atoms with Gasteiger partial charge in [0.2, 0.25) is 0 Å². The molecule has 1 aliphatic heterocycles. The zero-order valence-electron chi connectivity index (χ0n) is 8.45. The maximum absolute atomic E-state index is 5.67. The number of hydrogen-bond acceptors (Lipinski definition) is 4. The first-order valence-electron chi connectivity index (χ1n) is 5.07. The SMILES string of the molecule is ClCc1csc(CCOC2CCOC2)n1. The van der Waals surface area contributed by atoms with Gasteiger partial charge in [-0.15, -0.1) is 22.9 Å². The van der Waals surface area contributed by atoms with E-state index >= 15 is 0 Å². The highest BCUT2D eigenvalue weighted by atomic mass is 35.5. The minimum absolute atomic E-state index is 0.289. The lowest BCUT2D eigenvalue weighted by Crippen LogP contribution is -2.14. The van der Waals surface area contributed by atoms with Crippen LogP contribution in [0.4, 0.5) is 0 Å². The van der Waals surface area contributed by atoms with Gasteiger partial charge < -0.3 is 9.47 Å². The third-order valence-electron chi connectivity index (χ3n) is 2.29. The van der Waals surface area contributed by atoms with E-state index in [9.17, 15) is 0 Å². The number of halogens is 1. The van der Waals surface area contributed by atoms with Gasteiger partial charge in [-0.2, -0.15) is 0 Å². The summed E-state index contributed by atoms with van der Waals surface area (Å²) in [5.41, 5.74) is 0.959. The van der Waals surface area contributed by atoms with E-state index in [0.29, 0.717) is 5.88 Å². The molecule has 0 radical (unpaired) electrons. The van der Waals surface area contributed by atoms with Crippen LogP contribution in [0.25, 0.3) is 0 Å². The molecule has 0 N–H and O–H groups in total. The van der Waals surface area contributed by atoms with Crippen molar-refractivity contribution in [2.45, 2.75) is 24.8 Å². The quantitative estimate of drug-likeness (QED) is 0.748. The molecular weight excluding hydrogens is 234 g/mol. The summed E-state index contributed by atoms with van der Waals surface area (Å²) >= 11 is 7.32. The average Bonchev–Trinajstić information content (AvgIpc) is 2.88. The molecule has 0 amide bonds. The molecule has 2 rings (SSSR count). The van der Waals surface area contributed by atoms with Crippen molar-refractivity contribution in [2.24, 2.45) is 0 Å². The van der Waals surface area contributed by atoms with Crippen molar-refractivity contribution in [1.82, 2.24) is 4.98 Å². The molecular formula is C10H14ClNO2S. The standard InChI is InChI=1S/C10H14ClNO2S/c11-5-8-7-15-10(12-8)2-4-14-9-1-3-13-6-9/h7,9H,1-6H2. The third-order valence-corrected chi connectivity index (χ3v) is 3.52. The van der Waals surface area contributed by atoms with Crippen molar-refractivity contribution >= 4 is 22.9 Å². The largest absolute Gasteiger partial charge is 0.379 e. The van der Waals surface area contributed by atoms with Crippen LogP contribution in [0.2, 0.25) is 0 Å². The Kier molecular flexibility index (Phi) is 4.38. The van der Waals surface area contributed by atoms with Crippen molar-refractivity contribution in [2.75, 3.05) is 19.8 Å².